The second-order valence-electron chi connectivity index (χ2n) is 6.60. The molecule has 0 radical (unpaired) electrons. The second-order valence-corrected chi connectivity index (χ2v) is 7.00. The molecule has 3 rings (SSSR count). The third-order valence-electron chi connectivity index (χ3n) is 4.53. The van der Waals surface area contributed by atoms with Crippen LogP contribution in [0, 0.1) is 0 Å². The number of hydroxylamine groups is 1. The summed E-state index contributed by atoms with van der Waals surface area (Å²) in [5.41, 5.74) is 3.49. The molecule has 1 fully saturated rings. The summed E-state index contributed by atoms with van der Waals surface area (Å²) in [6.07, 6.45) is 6.75. The number of nitrogens with zero attached hydrogens (tertiary/aromatic N) is 2. The zero-order valence-electron chi connectivity index (χ0n) is 15.8. The number of nitrogens with one attached hydrogen (secondary N) is 2. The van der Waals surface area contributed by atoms with Gasteiger partial charge in [0.1, 0.15) is 5.82 Å². The van der Waals surface area contributed by atoms with Crippen LogP contribution in [-0.4, -0.2) is 40.1 Å². The van der Waals surface area contributed by atoms with E-state index in [-0.39, 0.29) is 24.8 Å². The molecule has 1 aliphatic rings. The van der Waals surface area contributed by atoms with E-state index in [1.165, 1.54) is 6.08 Å². The van der Waals surface area contributed by atoms with Gasteiger partial charge in [0.25, 0.3) is 5.91 Å². The number of likely N-dealkylation sites (tertiary alicyclic amines) is 1. The van der Waals surface area contributed by atoms with Crippen molar-refractivity contribution in [2.45, 2.75) is 25.4 Å². The van der Waals surface area contributed by atoms with Gasteiger partial charge < -0.3 is 5.32 Å². The Morgan fingerprint density at radius 2 is 2.07 bits per heavy atom. The molecule has 0 saturated carbocycles. The van der Waals surface area contributed by atoms with Crippen LogP contribution in [0.3, 0.4) is 0 Å². The summed E-state index contributed by atoms with van der Waals surface area (Å²) in [4.78, 5) is 17.8. The van der Waals surface area contributed by atoms with E-state index in [0.29, 0.717) is 6.04 Å². The summed E-state index contributed by atoms with van der Waals surface area (Å²) >= 11 is 6.28. The van der Waals surface area contributed by atoms with Crippen LogP contribution in [0.15, 0.2) is 48.7 Å². The molecule has 0 aliphatic carbocycles. The van der Waals surface area contributed by atoms with Gasteiger partial charge in [-0.2, -0.15) is 0 Å². The lowest BCUT2D eigenvalue weighted by atomic mass is 10.0. The first kappa shape index (κ1) is 25.2. The highest BCUT2D eigenvalue weighted by atomic mass is 35.5. The molecule has 29 heavy (non-hydrogen) atoms. The lowest BCUT2D eigenvalue weighted by molar-refractivity contribution is -0.124. The Morgan fingerprint density at radius 1 is 1.28 bits per heavy atom. The van der Waals surface area contributed by atoms with Crippen LogP contribution in [0.1, 0.15) is 24.0 Å². The Morgan fingerprint density at radius 3 is 2.76 bits per heavy atom. The SMILES string of the molecule is Cl.Cl.O=C(C=Cc1ccc(N[C@@H]2CCCN(Cc3ccccc3Cl)C2)nc1)NO. The van der Waals surface area contributed by atoms with E-state index < -0.39 is 5.91 Å². The maximum Gasteiger partial charge on any atom is 0.267 e. The van der Waals surface area contributed by atoms with E-state index in [1.807, 2.05) is 30.3 Å². The van der Waals surface area contributed by atoms with Crippen LogP contribution in [0.5, 0.6) is 0 Å². The molecule has 0 spiro atoms. The molecule has 0 unspecified atom stereocenters. The number of aromatic nitrogens is 1. The molecular formula is C20H25Cl3N4O2. The number of hydrogen-bond donors (Lipinski definition) is 3. The van der Waals surface area contributed by atoms with Crippen molar-refractivity contribution >= 4 is 54.2 Å². The number of hydrogen-bond acceptors (Lipinski definition) is 5. The number of amides is 1. The number of halogens is 3. The summed E-state index contributed by atoms with van der Waals surface area (Å²) in [6, 6.07) is 12.1. The summed E-state index contributed by atoms with van der Waals surface area (Å²) < 4.78 is 0. The molecular weight excluding hydrogens is 435 g/mol. The second kappa shape index (κ2) is 12.7. The maximum absolute atomic E-state index is 11.0. The topological polar surface area (TPSA) is 77.5 Å². The minimum Gasteiger partial charge on any atom is -0.366 e. The predicted octanol–water partition coefficient (Wildman–Crippen LogP) is 4.17. The van der Waals surface area contributed by atoms with Gasteiger partial charge in [0.2, 0.25) is 0 Å². The van der Waals surface area contributed by atoms with Crippen LogP contribution < -0.4 is 10.8 Å². The first-order valence-corrected chi connectivity index (χ1v) is 9.32. The lowest BCUT2D eigenvalue weighted by Gasteiger charge is -2.33. The van der Waals surface area contributed by atoms with Gasteiger partial charge in [0.05, 0.1) is 0 Å². The summed E-state index contributed by atoms with van der Waals surface area (Å²) in [7, 11) is 0. The highest BCUT2D eigenvalue weighted by Gasteiger charge is 2.20. The third-order valence-corrected chi connectivity index (χ3v) is 4.90. The normalized spacial score (nSPS) is 16.6. The van der Waals surface area contributed by atoms with Crippen molar-refractivity contribution in [3.05, 3.63) is 64.8 Å². The van der Waals surface area contributed by atoms with Gasteiger partial charge in [-0.15, -0.1) is 24.8 Å². The molecule has 9 heteroatoms. The molecule has 1 amide bonds. The molecule has 1 aliphatic heterocycles. The predicted molar refractivity (Wildman–Crippen MR) is 121 cm³/mol. The average molecular weight is 460 g/mol. The molecule has 1 saturated heterocycles. The van der Waals surface area contributed by atoms with Gasteiger partial charge >= 0.3 is 0 Å². The van der Waals surface area contributed by atoms with E-state index in [4.69, 9.17) is 16.8 Å². The minimum absolute atomic E-state index is 0. The Bertz CT molecular complexity index is 803. The molecule has 0 bridgehead atoms. The highest BCUT2D eigenvalue weighted by molar-refractivity contribution is 6.31. The first-order chi connectivity index (χ1) is 13.1. The Balaban J connectivity index is 0.00000210. The number of piperidine rings is 1. The minimum atomic E-state index is -0.571. The summed E-state index contributed by atoms with van der Waals surface area (Å²) in [5, 5.41) is 12.8. The fourth-order valence-electron chi connectivity index (χ4n) is 3.19. The van der Waals surface area contributed by atoms with Gasteiger partial charge in [0.15, 0.2) is 0 Å². The van der Waals surface area contributed by atoms with E-state index >= 15 is 0 Å². The number of anilines is 1. The first-order valence-electron chi connectivity index (χ1n) is 8.94. The van der Waals surface area contributed by atoms with Crippen molar-refractivity contribution in [1.82, 2.24) is 15.4 Å². The molecule has 3 N–H and O–H groups in total. The average Bonchev–Trinajstić information content (AvgIpc) is 2.69. The molecule has 1 aromatic carbocycles. The fraction of sp³-hybridized carbons (Fsp3) is 0.300. The quantitative estimate of drug-likeness (QED) is 0.343. The van der Waals surface area contributed by atoms with Gasteiger partial charge in [0, 0.05) is 36.4 Å². The molecule has 1 atom stereocenters. The monoisotopic (exact) mass is 458 g/mol. The Kier molecular flexibility index (Phi) is 11.0. The lowest BCUT2D eigenvalue weighted by Crippen LogP contribution is -2.41. The molecule has 1 aromatic heterocycles. The number of rotatable bonds is 6. The molecule has 2 aromatic rings. The van der Waals surface area contributed by atoms with E-state index in [1.54, 1.807) is 17.8 Å². The van der Waals surface area contributed by atoms with Crippen LogP contribution in [0.4, 0.5) is 5.82 Å². The van der Waals surface area contributed by atoms with Crippen LogP contribution in [-0.2, 0) is 11.3 Å². The zero-order chi connectivity index (χ0) is 19.1. The molecule has 158 valence electrons. The zero-order valence-corrected chi connectivity index (χ0v) is 18.1. The van der Waals surface area contributed by atoms with Crippen molar-refractivity contribution in [2.75, 3.05) is 18.4 Å². The largest absolute Gasteiger partial charge is 0.366 e. The number of pyridine rings is 1. The van der Waals surface area contributed by atoms with Crippen LogP contribution in [0.2, 0.25) is 5.02 Å². The van der Waals surface area contributed by atoms with Gasteiger partial charge in [-0.3, -0.25) is 14.9 Å². The van der Waals surface area contributed by atoms with E-state index in [2.05, 4.69) is 21.3 Å². The molecule has 6 nitrogen and oxygen atoms in total. The highest BCUT2D eigenvalue weighted by Crippen LogP contribution is 2.21. The Labute approximate surface area is 188 Å². The van der Waals surface area contributed by atoms with Crippen molar-refractivity contribution < 1.29 is 10.0 Å². The fourth-order valence-corrected chi connectivity index (χ4v) is 3.39. The van der Waals surface area contributed by atoms with E-state index in [0.717, 1.165) is 54.4 Å². The Hall–Kier alpha value is -1.83. The van der Waals surface area contributed by atoms with Crippen molar-refractivity contribution in [3.8, 4) is 0 Å². The number of benzene rings is 1. The maximum atomic E-state index is 11.0. The summed E-state index contributed by atoms with van der Waals surface area (Å²) in [6.45, 7) is 2.85. The summed E-state index contributed by atoms with van der Waals surface area (Å²) in [5.74, 6) is 0.237. The number of carbonyl (C=O) groups is 1. The third kappa shape index (κ3) is 7.84. The standard InChI is InChI=1S/C20H23ClN4O2.2ClH/c21-18-6-2-1-4-16(18)13-25-11-3-5-17(14-25)23-19-9-7-15(12-22-19)8-10-20(26)24-27;;/h1-2,4,6-10,12,17,27H,3,5,11,13-14H2,(H,22,23)(H,24,26);2*1H/t17-;;/m1../s1. The van der Waals surface area contributed by atoms with Gasteiger partial charge in [-0.25, -0.2) is 10.5 Å². The van der Waals surface area contributed by atoms with Crippen LogP contribution >= 0.6 is 36.4 Å². The van der Waals surface area contributed by atoms with Gasteiger partial charge in [-0.1, -0.05) is 29.8 Å². The van der Waals surface area contributed by atoms with Crippen molar-refractivity contribution in [2.24, 2.45) is 0 Å². The van der Waals surface area contributed by atoms with Crippen LogP contribution in [0.25, 0.3) is 6.08 Å². The van der Waals surface area contributed by atoms with Gasteiger partial charge in [-0.05, 0) is 54.8 Å². The molecule has 2 heterocycles. The van der Waals surface area contributed by atoms with Crippen molar-refractivity contribution in [1.29, 1.82) is 0 Å². The van der Waals surface area contributed by atoms with Crippen molar-refractivity contribution in [3.63, 3.8) is 0 Å². The smallest absolute Gasteiger partial charge is 0.267 e. The van der Waals surface area contributed by atoms with E-state index in [9.17, 15) is 4.79 Å². The number of carbonyl (C=O) groups excluding carboxylic acids is 1.